The van der Waals surface area contributed by atoms with Crippen molar-refractivity contribution in [3.63, 3.8) is 0 Å². The van der Waals surface area contributed by atoms with Crippen molar-refractivity contribution in [1.29, 1.82) is 0 Å². The molecule has 0 spiro atoms. The number of Topliss-reactive ketones (excluding diaryl/α,β-unsaturated/α-hetero) is 1. The van der Waals surface area contributed by atoms with Gasteiger partial charge in [0.05, 0.1) is 37.7 Å². The summed E-state index contributed by atoms with van der Waals surface area (Å²) in [5.41, 5.74) is 4.28. The standard InChI is InChI=1S/C37H49N5O6/c1-26(2)10-9-21-48-35(46)25-42-37-30-12-6-5-11-28(30)24-41(32-14-8-7-13-31(32)36(37)39-40-42)34(45)18-17-33(44)38-20-23-47-22-19-29(43)16-15-27(3)4/h5-8,11-14,26-27H,9-10,15-25H2,1-4H3,(H,38,44). The van der Waals surface area contributed by atoms with Crippen molar-refractivity contribution in [2.75, 3.05) is 31.3 Å². The first kappa shape index (κ1) is 36.5. The summed E-state index contributed by atoms with van der Waals surface area (Å²) in [4.78, 5) is 52.7. The SMILES string of the molecule is CC(C)CCCOC(=O)Cn1nnc2c1-c1ccccc1CN(C(=O)CCC(=O)NCCOCCC(=O)CCC(C)C)c1ccccc1-2. The Hall–Kier alpha value is -4.38. The van der Waals surface area contributed by atoms with Crippen LogP contribution in [0.3, 0.4) is 0 Å². The smallest absolute Gasteiger partial charge is 0.327 e. The van der Waals surface area contributed by atoms with E-state index in [1.54, 1.807) is 9.58 Å². The number of para-hydroxylation sites is 1. The van der Waals surface area contributed by atoms with Crippen molar-refractivity contribution in [2.24, 2.45) is 11.8 Å². The number of aromatic nitrogens is 3. The number of rotatable bonds is 18. The molecule has 1 aliphatic heterocycles. The lowest BCUT2D eigenvalue weighted by molar-refractivity contribution is -0.144. The number of ketones is 1. The van der Waals surface area contributed by atoms with Gasteiger partial charge in [-0.3, -0.25) is 19.2 Å². The van der Waals surface area contributed by atoms with Crippen molar-refractivity contribution < 1.29 is 28.7 Å². The number of esters is 1. The second kappa shape index (κ2) is 18.2. The highest BCUT2D eigenvalue weighted by atomic mass is 16.5. The molecule has 11 heteroatoms. The zero-order valence-corrected chi connectivity index (χ0v) is 28.7. The highest BCUT2D eigenvalue weighted by molar-refractivity contribution is 6.01. The predicted molar refractivity (Wildman–Crippen MR) is 184 cm³/mol. The lowest BCUT2D eigenvalue weighted by Gasteiger charge is -2.28. The fourth-order valence-electron chi connectivity index (χ4n) is 5.56. The molecule has 4 rings (SSSR count). The molecule has 1 aromatic heterocycles. The number of benzene rings is 2. The Balaban J connectivity index is 1.39. The third-order valence-corrected chi connectivity index (χ3v) is 8.22. The largest absolute Gasteiger partial charge is 0.464 e. The van der Waals surface area contributed by atoms with Crippen LogP contribution < -0.4 is 10.2 Å². The molecule has 0 saturated heterocycles. The van der Waals surface area contributed by atoms with Gasteiger partial charge in [0.1, 0.15) is 18.0 Å². The molecular weight excluding hydrogens is 610 g/mol. The maximum atomic E-state index is 13.7. The van der Waals surface area contributed by atoms with E-state index in [1.807, 2.05) is 48.5 Å². The van der Waals surface area contributed by atoms with E-state index in [-0.39, 0.29) is 49.5 Å². The third kappa shape index (κ3) is 10.6. The van der Waals surface area contributed by atoms with E-state index in [1.165, 1.54) is 0 Å². The molecule has 48 heavy (non-hydrogen) atoms. The highest BCUT2D eigenvalue weighted by Gasteiger charge is 2.29. The molecule has 0 fully saturated rings. The molecular formula is C37H49N5O6. The second-order valence-electron chi connectivity index (χ2n) is 13.0. The average Bonchev–Trinajstić information content (AvgIpc) is 3.46. The van der Waals surface area contributed by atoms with E-state index in [2.05, 4.69) is 43.3 Å². The molecule has 2 heterocycles. The Morgan fingerprint density at radius 2 is 1.56 bits per heavy atom. The van der Waals surface area contributed by atoms with E-state index < -0.39 is 0 Å². The minimum atomic E-state index is -0.381. The molecule has 0 atom stereocenters. The van der Waals surface area contributed by atoms with Gasteiger partial charge in [-0.2, -0.15) is 0 Å². The lowest BCUT2D eigenvalue weighted by Crippen LogP contribution is -2.34. The number of anilines is 1. The van der Waals surface area contributed by atoms with E-state index in [0.29, 0.717) is 73.7 Å². The molecule has 0 bridgehead atoms. The van der Waals surface area contributed by atoms with Crippen molar-refractivity contribution >= 4 is 29.3 Å². The van der Waals surface area contributed by atoms with Gasteiger partial charge in [-0.25, -0.2) is 4.68 Å². The zero-order chi connectivity index (χ0) is 34.5. The van der Waals surface area contributed by atoms with Crippen LogP contribution in [0.1, 0.15) is 78.2 Å². The van der Waals surface area contributed by atoms with Crippen LogP contribution in [0.2, 0.25) is 0 Å². The van der Waals surface area contributed by atoms with E-state index in [4.69, 9.17) is 9.47 Å². The Kier molecular flexibility index (Phi) is 13.9. The summed E-state index contributed by atoms with van der Waals surface area (Å²) in [6, 6.07) is 15.2. The van der Waals surface area contributed by atoms with Crippen LogP contribution in [-0.4, -0.2) is 64.9 Å². The Morgan fingerprint density at radius 1 is 0.833 bits per heavy atom. The molecule has 2 amide bonds. The summed E-state index contributed by atoms with van der Waals surface area (Å²) >= 11 is 0. The summed E-state index contributed by atoms with van der Waals surface area (Å²) in [6.07, 6.45) is 3.63. The van der Waals surface area contributed by atoms with Crippen LogP contribution in [0.15, 0.2) is 48.5 Å². The monoisotopic (exact) mass is 659 g/mol. The molecule has 3 aromatic rings. The summed E-state index contributed by atoms with van der Waals surface area (Å²) in [5.74, 6) is 0.388. The minimum absolute atomic E-state index is 0.00966. The summed E-state index contributed by atoms with van der Waals surface area (Å²) in [6.45, 7) is 9.93. The van der Waals surface area contributed by atoms with Crippen LogP contribution in [0, 0.1) is 11.8 Å². The number of nitrogens with one attached hydrogen (secondary N) is 1. The number of carbonyl (C=O) groups is 4. The Labute approximate surface area is 283 Å². The fraction of sp³-hybridized carbons (Fsp3) is 0.514. The van der Waals surface area contributed by atoms with Crippen LogP contribution in [0.5, 0.6) is 0 Å². The van der Waals surface area contributed by atoms with Gasteiger partial charge in [0.15, 0.2) is 0 Å². The molecule has 11 nitrogen and oxygen atoms in total. The van der Waals surface area contributed by atoms with Crippen LogP contribution >= 0.6 is 0 Å². The van der Waals surface area contributed by atoms with Gasteiger partial charge in [-0.05, 0) is 42.7 Å². The van der Waals surface area contributed by atoms with E-state index >= 15 is 0 Å². The Bertz CT molecular complexity index is 1550. The van der Waals surface area contributed by atoms with Crippen LogP contribution in [-0.2, 0) is 41.7 Å². The molecule has 0 aliphatic carbocycles. The maximum absolute atomic E-state index is 13.7. The molecule has 2 aromatic carbocycles. The normalized spacial score (nSPS) is 12.2. The summed E-state index contributed by atoms with van der Waals surface area (Å²) in [5, 5.41) is 11.6. The average molecular weight is 660 g/mol. The van der Waals surface area contributed by atoms with E-state index in [0.717, 1.165) is 30.4 Å². The van der Waals surface area contributed by atoms with Gasteiger partial charge in [-0.15, -0.1) is 5.10 Å². The molecule has 1 N–H and O–H groups in total. The van der Waals surface area contributed by atoms with E-state index in [9.17, 15) is 19.2 Å². The van der Waals surface area contributed by atoms with Gasteiger partial charge in [0, 0.05) is 43.4 Å². The first-order chi connectivity index (χ1) is 23.1. The number of ether oxygens (including phenoxy) is 2. The number of hydrogen-bond acceptors (Lipinski definition) is 8. The highest BCUT2D eigenvalue weighted by Crippen LogP contribution is 2.41. The van der Waals surface area contributed by atoms with Crippen molar-refractivity contribution in [1.82, 2.24) is 20.3 Å². The zero-order valence-electron chi connectivity index (χ0n) is 28.7. The first-order valence-electron chi connectivity index (χ1n) is 17.1. The molecule has 1 aliphatic rings. The number of carbonyl (C=O) groups excluding carboxylic acids is 4. The lowest BCUT2D eigenvalue weighted by atomic mass is 9.95. The third-order valence-electron chi connectivity index (χ3n) is 8.22. The minimum Gasteiger partial charge on any atom is -0.464 e. The topological polar surface area (TPSA) is 133 Å². The van der Waals surface area contributed by atoms with Crippen molar-refractivity contribution in [3.8, 4) is 22.5 Å². The molecule has 0 radical (unpaired) electrons. The quantitative estimate of drug-likeness (QED) is 0.135. The number of amides is 2. The molecule has 0 saturated carbocycles. The van der Waals surface area contributed by atoms with Crippen molar-refractivity contribution in [2.45, 2.75) is 85.7 Å². The Morgan fingerprint density at radius 3 is 2.33 bits per heavy atom. The van der Waals surface area contributed by atoms with Crippen molar-refractivity contribution in [3.05, 3.63) is 54.1 Å². The van der Waals surface area contributed by atoms with Crippen LogP contribution in [0.4, 0.5) is 5.69 Å². The van der Waals surface area contributed by atoms with Gasteiger partial charge >= 0.3 is 5.97 Å². The predicted octanol–water partition coefficient (Wildman–Crippen LogP) is 5.75. The van der Waals surface area contributed by atoms with Crippen LogP contribution in [0.25, 0.3) is 22.5 Å². The fourth-order valence-corrected chi connectivity index (χ4v) is 5.56. The first-order valence-corrected chi connectivity index (χ1v) is 17.1. The summed E-state index contributed by atoms with van der Waals surface area (Å²) in [7, 11) is 0. The maximum Gasteiger partial charge on any atom is 0.327 e. The second-order valence-corrected chi connectivity index (χ2v) is 13.0. The molecule has 258 valence electrons. The van der Waals surface area contributed by atoms with Gasteiger partial charge in [0.2, 0.25) is 11.8 Å². The molecule has 0 unspecified atom stereocenters. The number of fused-ring (bicyclic) bond motifs is 5. The number of hydrogen-bond donors (Lipinski definition) is 1. The van der Waals surface area contributed by atoms with Gasteiger partial charge in [0.25, 0.3) is 0 Å². The summed E-state index contributed by atoms with van der Waals surface area (Å²) < 4.78 is 12.6. The van der Waals surface area contributed by atoms with Gasteiger partial charge < -0.3 is 19.7 Å². The number of nitrogens with zero attached hydrogens (tertiary/aromatic N) is 4. The van der Waals surface area contributed by atoms with Gasteiger partial charge in [-0.1, -0.05) is 75.4 Å².